The molecule has 5 nitrogen and oxygen atoms in total. The van der Waals surface area contributed by atoms with E-state index in [9.17, 15) is 0 Å². The number of nitrogens with zero attached hydrogens (tertiary/aromatic N) is 3. The molecule has 0 spiro atoms. The topological polar surface area (TPSA) is 50.3 Å². The maximum Gasteiger partial charge on any atom is 0.129 e. The molecule has 1 saturated heterocycles. The Morgan fingerprint density at radius 1 is 1.23 bits per heavy atom. The predicted octanol–water partition coefficient (Wildman–Crippen LogP) is 2.34. The lowest BCUT2D eigenvalue weighted by molar-refractivity contribution is -0.00541. The number of aromatic nitrogens is 2. The van der Waals surface area contributed by atoms with Crippen LogP contribution in [-0.2, 0) is 11.2 Å². The summed E-state index contributed by atoms with van der Waals surface area (Å²) >= 11 is 0. The van der Waals surface area contributed by atoms with E-state index in [-0.39, 0.29) is 0 Å². The Hall–Kier alpha value is -1.20. The second kappa shape index (κ2) is 7.88. The standard InChI is InChI=1S/C17H28N4O/c1-2-15-11-17(20-13-19-15)18-12-14-5-3-4-6-16(14)21-7-9-22-10-8-21/h11,13-14,16H,2-10,12H2,1H3,(H,18,19,20)/t14-,16-/m0/s1. The number of nitrogens with one attached hydrogen (secondary N) is 1. The van der Waals surface area contributed by atoms with Crippen LogP contribution in [0.2, 0.25) is 0 Å². The first kappa shape index (κ1) is 15.7. The van der Waals surface area contributed by atoms with E-state index in [2.05, 4.69) is 33.2 Å². The Morgan fingerprint density at radius 3 is 2.86 bits per heavy atom. The van der Waals surface area contributed by atoms with Gasteiger partial charge in [0.15, 0.2) is 0 Å². The molecule has 0 radical (unpaired) electrons. The molecule has 1 aromatic rings. The maximum atomic E-state index is 5.51. The van der Waals surface area contributed by atoms with E-state index in [0.29, 0.717) is 12.0 Å². The number of hydrogen-bond acceptors (Lipinski definition) is 5. The zero-order chi connectivity index (χ0) is 15.2. The van der Waals surface area contributed by atoms with Gasteiger partial charge in [-0.25, -0.2) is 9.97 Å². The molecule has 0 aromatic carbocycles. The fourth-order valence-electron chi connectivity index (χ4n) is 3.74. The van der Waals surface area contributed by atoms with Crippen LogP contribution >= 0.6 is 0 Å². The van der Waals surface area contributed by atoms with Gasteiger partial charge in [-0.3, -0.25) is 4.90 Å². The third kappa shape index (κ3) is 3.96. The minimum atomic E-state index is 0.706. The fourth-order valence-corrected chi connectivity index (χ4v) is 3.74. The summed E-state index contributed by atoms with van der Waals surface area (Å²) in [5.41, 5.74) is 1.10. The molecule has 3 rings (SSSR count). The second-order valence-electron chi connectivity index (χ2n) is 6.39. The van der Waals surface area contributed by atoms with E-state index >= 15 is 0 Å². The number of anilines is 1. The van der Waals surface area contributed by atoms with Crippen LogP contribution in [0.4, 0.5) is 5.82 Å². The first-order valence-corrected chi connectivity index (χ1v) is 8.73. The molecule has 1 aliphatic heterocycles. The van der Waals surface area contributed by atoms with Crippen molar-refractivity contribution >= 4 is 5.82 Å². The lowest BCUT2D eigenvalue weighted by Crippen LogP contribution is -2.49. The van der Waals surface area contributed by atoms with Crippen molar-refractivity contribution in [3.05, 3.63) is 18.1 Å². The van der Waals surface area contributed by atoms with E-state index in [1.54, 1.807) is 6.33 Å². The molecule has 1 N–H and O–H groups in total. The minimum absolute atomic E-state index is 0.706. The van der Waals surface area contributed by atoms with E-state index in [0.717, 1.165) is 50.8 Å². The van der Waals surface area contributed by atoms with E-state index in [4.69, 9.17) is 4.74 Å². The third-order valence-corrected chi connectivity index (χ3v) is 5.01. The zero-order valence-electron chi connectivity index (χ0n) is 13.6. The first-order chi connectivity index (χ1) is 10.9. The molecule has 1 aliphatic carbocycles. The van der Waals surface area contributed by atoms with Crippen molar-refractivity contribution in [3.8, 4) is 0 Å². The lowest BCUT2D eigenvalue weighted by Gasteiger charge is -2.41. The summed E-state index contributed by atoms with van der Waals surface area (Å²) < 4.78 is 5.51. The van der Waals surface area contributed by atoms with Crippen LogP contribution in [0.25, 0.3) is 0 Å². The Kier molecular flexibility index (Phi) is 5.62. The molecule has 5 heteroatoms. The molecule has 0 bridgehead atoms. The van der Waals surface area contributed by atoms with Crippen molar-refractivity contribution in [2.24, 2.45) is 5.92 Å². The predicted molar refractivity (Wildman–Crippen MR) is 88.0 cm³/mol. The van der Waals surface area contributed by atoms with Gasteiger partial charge < -0.3 is 10.1 Å². The van der Waals surface area contributed by atoms with Crippen LogP contribution in [0.5, 0.6) is 0 Å². The summed E-state index contributed by atoms with van der Waals surface area (Å²) in [6.45, 7) is 7.11. The van der Waals surface area contributed by atoms with Gasteiger partial charge in [-0.2, -0.15) is 0 Å². The van der Waals surface area contributed by atoms with Crippen LogP contribution in [-0.4, -0.2) is 53.8 Å². The summed E-state index contributed by atoms with van der Waals surface area (Å²) in [4.78, 5) is 11.3. The van der Waals surface area contributed by atoms with Gasteiger partial charge in [0.2, 0.25) is 0 Å². The van der Waals surface area contributed by atoms with Gasteiger partial charge in [-0.1, -0.05) is 19.8 Å². The Bertz CT molecular complexity index is 462. The number of hydrogen-bond donors (Lipinski definition) is 1. The maximum absolute atomic E-state index is 5.51. The summed E-state index contributed by atoms with van der Waals surface area (Å²) in [5.74, 6) is 1.69. The highest BCUT2D eigenvalue weighted by Crippen LogP contribution is 2.29. The van der Waals surface area contributed by atoms with Crippen molar-refractivity contribution in [2.45, 2.75) is 45.1 Å². The quantitative estimate of drug-likeness (QED) is 0.905. The summed E-state index contributed by atoms with van der Waals surface area (Å²) in [7, 11) is 0. The average Bonchev–Trinajstić information content (AvgIpc) is 2.61. The normalized spacial score (nSPS) is 26.8. The van der Waals surface area contributed by atoms with Crippen LogP contribution in [0.15, 0.2) is 12.4 Å². The molecule has 2 aliphatic rings. The van der Waals surface area contributed by atoms with Crippen LogP contribution in [0.3, 0.4) is 0 Å². The smallest absolute Gasteiger partial charge is 0.129 e. The van der Waals surface area contributed by atoms with E-state index < -0.39 is 0 Å². The Labute approximate surface area is 133 Å². The molecule has 1 saturated carbocycles. The molecular weight excluding hydrogens is 276 g/mol. The van der Waals surface area contributed by atoms with Crippen molar-refractivity contribution in [2.75, 3.05) is 38.2 Å². The van der Waals surface area contributed by atoms with Gasteiger partial charge >= 0.3 is 0 Å². The number of rotatable bonds is 5. The minimum Gasteiger partial charge on any atom is -0.379 e. The van der Waals surface area contributed by atoms with Crippen LogP contribution in [0.1, 0.15) is 38.3 Å². The molecule has 1 aromatic heterocycles. The summed E-state index contributed by atoms with van der Waals surface area (Å²) in [5, 5.41) is 3.55. The summed E-state index contributed by atoms with van der Waals surface area (Å²) in [6, 6.07) is 2.78. The number of aryl methyl sites for hydroxylation is 1. The molecule has 2 heterocycles. The van der Waals surface area contributed by atoms with E-state index in [1.165, 1.54) is 25.7 Å². The third-order valence-electron chi connectivity index (χ3n) is 5.01. The van der Waals surface area contributed by atoms with Crippen LogP contribution < -0.4 is 5.32 Å². The average molecular weight is 304 g/mol. The van der Waals surface area contributed by atoms with Crippen molar-refractivity contribution in [1.29, 1.82) is 0 Å². The highest BCUT2D eigenvalue weighted by Gasteiger charge is 2.30. The largest absolute Gasteiger partial charge is 0.379 e. The summed E-state index contributed by atoms with van der Waals surface area (Å²) in [6.07, 6.45) is 8.00. The van der Waals surface area contributed by atoms with Crippen molar-refractivity contribution in [1.82, 2.24) is 14.9 Å². The SMILES string of the molecule is CCc1cc(NC[C@@H]2CCCC[C@@H]2N2CCOCC2)ncn1. The van der Waals surface area contributed by atoms with Crippen molar-refractivity contribution in [3.63, 3.8) is 0 Å². The lowest BCUT2D eigenvalue weighted by atomic mass is 9.83. The van der Waals surface area contributed by atoms with Crippen LogP contribution in [0, 0.1) is 5.92 Å². The Balaban J connectivity index is 1.58. The van der Waals surface area contributed by atoms with Gasteiger partial charge in [0.25, 0.3) is 0 Å². The fraction of sp³-hybridized carbons (Fsp3) is 0.765. The zero-order valence-corrected chi connectivity index (χ0v) is 13.6. The second-order valence-corrected chi connectivity index (χ2v) is 6.39. The Morgan fingerprint density at radius 2 is 2.05 bits per heavy atom. The van der Waals surface area contributed by atoms with Gasteiger partial charge in [0.1, 0.15) is 12.1 Å². The monoisotopic (exact) mass is 304 g/mol. The highest BCUT2D eigenvalue weighted by molar-refractivity contribution is 5.34. The van der Waals surface area contributed by atoms with Gasteiger partial charge in [-0.15, -0.1) is 0 Å². The number of ether oxygens (including phenoxy) is 1. The van der Waals surface area contributed by atoms with E-state index in [1.807, 2.05) is 0 Å². The molecule has 22 heavy (non-hydrogen) atoms. The highest BCUT2D eigenvalue weighted by atomic mass is 16.5. The van der Waals surface area contributed by atoms with Gasteiger partial charge in [-0.05, 0) is 25.2 Å². The molecule has 0 amide bonds. The molecule has 0 unspecified atom stereocenters. The van der Waals surface area contributed by atoms with Gasteiger partial charge in [0.05, 0.1) is 13.2 Å². The van der Waals surface area contributed by atoms with Crippen molar-refractivity contribution < 1.29 is 4.74 Å². The first-order valence-electron chi connectivity index (χ1n) is 8.73. The molecule has 122 valence electrons. The molecule has 2 atom stereocenters. The molecular formula is C17H28N4O. The van der Waals surface area contributed by atoms with Gasteiger partial charge in [0, 0.05) is 37.4 Å². The number of morpholine rings is 1. The molecule has 2 fully saturated rings.